The molecular formula is C22H26N2O8. The van der Waals surface area contributed by atoms with Gasteiger partial charge in [0, 0.05) is 6.54 Å². The molecule has 0 aliphatic carbocycles. The van der Waals surface area contributed by atoms with E-state index in [0.717, 1.165) is 4.90 Å². The van der Waals surface area contributed by atoms with Gasteiger partial charge in [0.1, 0.15) is 0 Å². The minimum atomic E-state index is -0.733. The molecule has 2 amide bonds. The number of imide groups is 1. The van der Waals surface area contributed by atoms with E-state index in [1.807, 2.05) is 4.90 Å². The SMILES string of the molecule is CCOC(=O)[C@H]1CCCN([C@H]2CC(=O)N(c3cc(C(=O)OC)cc(C(=O)OC)c3)C2=O)C1. The summed E-state index contributed by atoms with van der Waals surface area (Å²) >= 11 is 0. The van der Waals surface area contributed by atoms with Gasteiger partial charge in [0.2, 0.25) is 5.91 Å². The third kappa shape index (κ3) is 4.64. The Bertz CT molecular complexity index is 910. The van der Waals surface area contributed by atoms with Gasteiger partial charge >= 0.3 is 17.9 Å². The highest BCUT2D eigenvalue weighted by Crippen LogP contribution is 2.30. The third-order valence-corrected chi connectivity index (χ3v) is 5.65. The summed E-state index contributed by atoms with van der Waals surface area (Å²) in [4.78, 5) is 65.1. The van der Waals surface area contributed by atoms with Gasteiger partial charge in [-0.25, -0.2) is 14.5 Å². The van der Waals surface area contributed by atoms with Crippen molar-refractivity contribution in [3.8, 4) is 0 Å². The Balaban J connectivity index is 1.88. The summed E-state index contributed by atoms with van der Waals surface area (Å²) in [5, 5.41) is 0. The van der Waals surface area contributed by atoms with Crippen molar-refractivity contribution in [3.63, 3.8) is 0 Å². The van der Waals surface area contributed by atoms with Crippen LogP contribution in [0.25, 0.3) is 0 Å². The Morgan fingerprint density at radius 3 is 2.22 bits per heavy atom. The summed E-state index contributed by atoms with van der Waals surface area (Å²) in [5.41, 5.74) is 0.106. The Labute approximate surface area is 185 Å². The van der Waals surface area contributed by atoms with Crippen LogP contribution in [0.1, 0.15) is 46.9 Å². The number of anilines is 1. The zero-order valence-electron chi connectivity index (χ0n) is 18.3. The molecule has 2 fully saturated rings. The maximum absolute atomic E-state index is 13.2. The number of ether oxygens (including phenoxy) is 3. The number of amides is 2. The van der Waals surface area contributed by atoms with Gasteiger partial charge in [-0.15, -0.1) is 0 Å². The summed E-state index contributed by atoms with van der Waals surface area (Å²) in [6.07, 6.45) is 1.30. The van der Waals surface area contributed by atoms with Crippen molar-refractivity contribution in [2.45, 2.75) is 32.2 Å². The van der Waals surface area contributed by atoms with E-state index in [1.54, 1.807) is 6.92 Å². The topological polar surface area (TPSA) is 120 Å². The van der Waals surface area contributed by atoms with Crippen LogP contribution in [0.4, 0.5) is 5.69 Å². The van der Waals surface area contributed by atoms with Crippen molar-refractivity contribution in [3.05, 3.63) is 29.3 Å². The predicted molar refractivity (Wildman–Crippen MR) is 111 cm³/mol. The lowest BCUT2D eigenvalue weighted by Gasteiger charge is -2.34. The molecule has 0 unspecified atom stereocenters. The summed E-state index contributed by atoms with van der Waals surface area (Å²) in [6, 6.07) is 3.20. The number of likely N-dealkylation sites (tertiary alicyclic amines) is 1. The van der Waals surface area contributed by atoms with Gasteiger partial charge < -0.3 is 14.2 Å². The van der Waals surface area contributed by atoms with E-state index in [2.05, 4.69) is 0 Å². The first-order valence-corrected chi connectivity index (χ1v) is 10.4. The van der Waals surface area contributed by atoms with Crippen LogP contribution in [0.5, 0.6) is 0 Å². The van der Waals surface area contributed by atoms with Crippen LogP contribution in [0.2, 0.25) is 0 Å². The van der Waals surface area contributed by atoms with Crippen LogP contribution >= 0.6 is 0 Å². The second-order valence-corrected chi connectivity index (χ2v) is 7.63. The molecule has 172 valence electrons. The van der Waals surface area contributed by atoms with Crippen molar-refractivity contribution in [1.82, 2.24) is 4.90 Å². The second kappa shape index (κ2) is 9.90. The lowest BCUT2D eigenvalue weighted by Crippen LogP contribution is -2.48. The highest BCUT2D eigenvalue weighted by Gasteiger charge is 2.45. The molecular weight excluding hydrogens is 420 g/mol. The molecule has 3 rings (SSSR count). The number of hydrogen-bond donors (Lipinski definition) is 0. The first kappa shape index (κ1) is 23.4. The Kier molecular flexibility index (Phi) is 7.24. The molecule has 0 bridgehead atoms. The molecule has 0 N–H and O–H groups in total. The van der Waals surface area contributed by atoms with Crippen LogP contribution in [-0.2, 0) is 28.6 Å². The van der Waals surface area contributed by atoms with Gasteiger partial charge in [0.25, 0.3) is 5.91 Å². The fourth-order valence-electron chi connectivity index (χ4n) is 4.13. The summed E-state index contributed by atoms with van der Waals surface area (Å²) in [5.74, 6) is -3.04. The number of methoxy groups -OCH3 is 2. The predicted octanol–water partition coefficient (Wildman–Crippen LogP) is 1.17. The molecule has 10 heteroatoms. The highest BCUT2D eigenvalue weighted by molar-refractivity contribution is 6.23. The van der Waals surface area contributed by atoms with Gasteiger partial charge in [-0.1, -0.05) is 0 Å². The maximum atomic E-state index is 13.2. The fraction of sp³-hybridized carbons (Fsp3) is 0.500. The number of hydrogen-bond acceptors (Lipinski definition) is 9. The largest absolute Gasteiger partial charge is 0.466 e. The van der Waals surface area contributed by atoms with Gasteiger partial charge in [0.15, 0.2) is 0 Å². The van der Waals surface area contributed by atoms with Crippen LogP contribution in [0, 0.1) is 5.92 Å². The molecule has 2 aliphatic heterocycles. The highest BCUT2D eigenvalue weighted by atomic mass is 16.5. The summed E-state index contributed by atoms with van der Waals surface area (Å²) in [6.45, 7) is 2.92. The average molecular weight is 446 g/mol. The van der Waals surface area contributed by atoms with E-state index < -0.39 is 29.8 Å². The van der Waals surface area contributed by atoms with E-state index in [9.17, 15) is 24.0 Å². The molecule has 2 heterocycles. The minimum Gasteiger partial charge on any atom is -0.466 e. The molecule has 32 heavy (non-hydrogen) atoms. The Morgan fingerprint density at radius 1 is 1.03 bits per heavy atom. The van der Waals surface area contributed by atoms with Gasteiger partial charge in [-0.05, 0) is 44.5 Å². The first-order valence-electron chi connectivity index (χ1n) is 10.4. The molecule has 0 radical (unpaired) electrons. The molecule has 2 atom stereocenters. The van der Waals surface area contributed by atoms with E-state index in [4.69, 9.17) is 14.2 Å². The number of benzene rings is 1. The van der Waals surface area contributed by atoms with Crippen molar-refractivity contribution in [1.29, 1.82) is 0 Å². The zero-order chi connectivity index (χ0) is 23.4. The molecule has 1 aromatic rings. The lowest BCUT2D eigenvalue weighted by atomic mass is 9.96. The van der Waals surface area contributed by atoms with Crippen LogP contribution in [0.3, 0.4) is 0 Å². The average Bonchev–Trinajstić information content (AvgIpc) is 3.11. The van der Waals surface area contributed by atoms with Crippen LogP contribution in [-0.4, -0.2) is 74.6 Å². The zero-order valence-corrected chi connectivity index (χ0v) is 18.3. The van der Waals surface area contributed by atoms with Crippen molar-refractivity contribution in [2.24, 2.45) is 5.92 Å². The smallest absolute Gasteiger partial charge is 0.337 e. The second-order valence-electron chi connectivity index (χ2n) is 7.63. The van der Waals surface area contributed by atoms with Crippen molar-refractivity contribution in [2.75, 3.05) is 38.8 Å². The Morgan fingerprint density at radius 2 is 1.66 bits per heavy atom. The number of nitrogens with zero attached hydrogens (tertiary/aromatic N) is 2. The van der Waals surface area contributed by atoms with Crippen LogP contribution in [0.15, 0.2) is 18.2 Å². The quantitative estimate of drug-likeness (QED) is 0.360. The number of carbonyl (C=O) groups is 5. The van der Waals surface area contributed by atoms with Crippen molar-refractivity contribution < 1.29 is 38.2 Å². The molecule has 1 aromatic carbocycles. The van der Waals surface area contributed by atoms with Gasteiger partial charge in [0.05, 0.1) is 56.0 Å². The molecule has 2 aliphatic rings. The lowest BCUT2D eigenvalue weighted by molar-refractivity contribution is -0.150. The molecule has 2 saturated heterocycles. The Hall–Kier alpha value is -3.27. The van der Waals surface area contributed by atoms with E-state index in [0.29, 0.717) is 25.9 Å². The fourth-order valence-corrected chi connectivity index (χ4v) is 4.13. The summed E-state index contributed by atoms with van der Waals surface area (Å²) in [7, 11) is 2.37. The maximum Gasteiger partial charge on any atom is 0.337 e. The standard InChI is InChI=1S/C22H26N2O8/c1-4-32-22(29)13-6-5-7-23(12-13)17-11-18(25)24(19(17)26)16-9-14(20(27)30-2)8-15(10-16)21(28)31-3/h8-10,13,17H,4-7,11-12H2,1-3H3/t13-,17-/m0/s1. The number of esters is 3. The normalized spacial score (nSPS) is 21.4. The third-order valence-electron chi connectivity index (χ3n) is 5.65. The molecule has 0 spiro atoms. The first-order chi connectivity index (χ1) is 15.3. The van der Waals surface area contributed by atoms with Crippen LogP contribution < -0.4 is 4.90 Å². The van der Waals surface area contributed by atoms with Gasteiger partial charge in [-0.3, -0.25) is 19.3 Å². The minimum absolute atomic E-state index is 0.00907. The molecule has 10 nitrogen and oxygen atoms in total. The molecule has 0 aromatic heterocycles. The summed E-state index contributed by atoms with van der Waals surface area (Å²) < 4.78 is 14.5. The number of piperidine rings is 1. The van der Waals surface area contributed by atoms with E-state index >= 15 is 0 Å². The number of carbonyl (C=O) groups excluding carboxylic acids is 5. The van der Waals surface area contributed by atoms with Gasteiger partial charge in [-0.2, -0.15) is 0 Å². The van der Waals surface area contributed by atoms with Crippen molar-refractivity contribution >= 4 is 35.4 Å². The number of rotatable bonds is 6. The molecule has 0 saturated carbocycles. The van der Waals surface area contributed by atoms with E-state index in [-0.39, 0.29) is 41.7 Å². The monoisotopic (exact) mass is 446 g/mol. The van der Waals surface area contributed by atoms with E-state index in [1.165, 1.54) is 32.4 Å².